The Balaban J connectivity index is 1.92. The molecule has 0 aliphatic carbocycles. The zero-order valence-corrected chi connectivity index (χ0v) is 16.1. The van der Waals surface area contributed by atoms with E-state index in [9.17, 15) is 31.1 Å². The summed E-state index contributed by atoms with van der Waals surface area (Å²) < 4.78 is 82.9. The number of methoxy groups -OCH3 is 1. The maximum atomic E-state index is 13.5. The Bertz CT molecular complexity index is 1100. The molecule has 1 aromatic carbocycles. The molecule has 0 radical (unpaired) electrons. The highest BCUT2D eigenvalue weighted by atomic mass is 19.4. The number of ether oxygens (including phenoxy) is 1. The van der Waals surface area contributed by atoms with Crippen LogP contribution in [0.5, 0.6) is 5.88 Å². The Kier molecular flexibility index (Phi) is 6.50. The van der Waals surface area contributed by atoms with Crippen molar-refractivity contribution >= 4 is 17.4 Å². The van der Waals surface area contributed by atoms with Crippen LogP contribution in [0.15, 0.2) is 36.5 Å². The fourth-order valence-electron chi connectivity index (χ4n) is 2.60. The van der Waals surface area contributed by atoms with Gasteiger partial charge in [-0.1, -0.05) is 0 Å². The van der Waals surface area contributed by atoms with Gasteiger partial charge in [0.1, 0.15) is 11.5 Å². The lowest BCUT2D eigenvalue weighted by Gasteiger charge is -2.22. The number of hydrogen-bond acceptors (Lipinski definition) is 5. The van der Waals surface area contributed by atoms with Crippen LogP contribution in [0, 0.1) is 5.82 Å². The molecule has 0 bridgehead atoms. The van der Waals surface area contributed by atoms with Crippen molar-refractivity contribution in [2.45, 2.75) is 19.1 Å². The Morgan fingerprint density at radius 3 is 2.62 bits per heavy atom. The first kappa shape index (κ1) is 22.8. The minimum atomic E-state index is -4.68. The van der Waals surface area contributed by atoms with Crippen LogP contribution in [0.25, 0.3) is 0 Å². The molecule has 0 atom stereocenters. The standard InChI is InChI=1S/C18H14F6N6O2/c1-32-15-6-11(7-25-29-15)30(8-10-5-14(28-27-10)18(22,23)24)17(31)26-9-2-3-13(19)12(4-9)16(20)21/h2-7,16H,8H2,1H3,(H,26,31)(H,27,28). The van der Waals surface area contributed by atoms with Crippen molar-refractivity contribution in [1.82, 2.24) is 20.4 Å². The molecule has 2 aromatic heterocycles. The second-order valence-corrected chi connectivity index (χ2v) is 6.28. The average molecular weight is 460 g/mol. The third kappa shape index (κ3) is 5.25. The Labute approximate surface area is 176 Å². The van der Waals surface area contributed by atoms with E-state index in [4.69, 9.17) is 4.74 Å². The Hall–Kier alpha value is -3.84. The third-order valence-corrected chi connectivity index (χ3v) is 4.12. The monoisotopic (exact) mass is 460 g/mol. The second-order valence-electron chi connectivity index (χ2n) is 6.28. The molecule has 2 heterocycles. The predicted molar refractivity (Wildman–Crippen MR) is 98.7 cm³/mol. The second kappa shape index (κ2) is 9.11. The number of hydrogen-bond donors (Lipinski definition) is 2. The molecule has 0 fully saturated rings. The van der Waals surface area contributed by atoms with E-state index in [0.29, 0.717) is 6.07 Å². The lowest BCUT2D eigenvalue weighted by Crippen LogP contribution is -2.35. The van der Waals surface area contributed by atoms with Crippen molar-refractivity contribution in [3.05, 3.63) is 59.3 Å². The summed E-state index contributed by atoms with van der Waals surface area (Å²) in [5, 5.41) is 15.0. The number of rotatable bonds is 6. The van der Waals surface area contributed by atoms with Crippen LogP contribution in [0.3, 0.4) is 0 Å². The van der Waals surface area contributed by atoms with Gasteiger partial charge in [0.15, 0.2) is 0 Å². The maximum Gasteiger partial charge on any atom is 0.432 e. The van der Waals surface area contributed by atoms with Crippen molar-refractivity contribution in [1.29, 1.82) is 0 Å². The number of carbonyl (C=O) groups is 1. The van der Waals surface area contributed by atoms with Crippen molar-refractivity contribution in [2.75, 3.05) is 17.3 Å². The SMILES string of the molecule is COc1cc(N(Cc2cc(C(F)(F)F)[nH]n2)C(=O)Nc2ccc(F)c(C(F)F)c2)cnn1. The number of aromatic nitrogens is 4. The van der Waals surface area contributed by atoms with Crippen LogP contribution in [0.1, 0.15) is 23.4 Å². The fourth-order valence-corrected chi connectivity index (χ4v) is 2.60. The van der Waals surface area contributed by atoms with E-state index in [1.807, 2.05) is 5.10 Å². The first-order valence-electron chi connectivity index (χ1n) is 8.72. The van der Waals surface area contributed by atoms with E-state index in [0.717, 1.165) is 29.3 Å². The van der Waals surface area contributed by atoms with Crippen molar-refractivity contribution in [3.8, 4) is 5.88 Å². The molecular weight excluding hydrogens is 446 g/mol. The smallest absolute Gasteiger partial charge is 0.432 e. The molecule has 170 valence electrons. The van der Waals surface area contributed by atoms with Crippen molar-refractivity contribution in [2.24, 2.45) is 0 Å². The van der Waals surface area contributed by atoms with Crippen LogP contribution in [0.4, 0.5) is 42.5 Å². The summed E-state index contributed by atoms with van der Waals surface area (Å²) in [6.07, 6.45) is -6.67. The molecule has 8 nitrogen and oxygen atoms in total. The van der Waals surface area contributed by atoms with Crippen LogP contribution in [-0.2, 0) is 12.7 Å². The number of amides is 2. The molecule has 0 saturated carbocycles. The number of nitrogens with zero attached hydrogens (tertiary/aromatic N) is 4. The van der Waals surface area contributed by atoms with Gasteiger partial charge in [-0.2, -0.15) is 23.4 Å². The normalized spacial score (nSPS) is 11.5. The summed E-state index contributed by atoms with van der Waals surface area (Å²) in [5.41, 5.74) is -2.32. The number of alkyl halides is 5. The highest BCUT2D eigenvalue weighted by molar-refractivity contribution is 6.01. The van der Waals surface area contributed by atoms with E-state index < -0.39 is 42.3 Å². The topological polar surface area (TPSA) is 96.0 Å². The van der Waals surface area contributed by atoms with Gasteiger partial charge in [0, 0.05) is 11.8 Å². The molecule has 0 saturated heterocycles. The molecule has 3 aromatic rings. The molecule has 0 spiro atoms. The largest absolute Gasteiger partial charge is 0.480 e. The van der Waals surface area contributed by atoms with Gasteiger partial charge in [0.05, 0.1) is 36.8 Å². The number of aromatic amines is 1. The van der Waals surface area contributed by atoms with E-state index in [2.05, 4.69) is 20.6 Å². The number of H-pyrrole nitrogens is 1. The molecule has 0 aliphatic rings. The van der Waals surface area contributed by atoms with E-state index in [1.165, 1.54) is 13.2 Å². The number of carbonyl (C=O) groups excluding carboxylic acids is 1. The zero-order valence-electron chi connectivity index (χ0n) is 16.1. The quantitative estimate of drug-likeness (QED) is 0.527. The summed E-state index contributed by atoms with van der Waals surface area (Å²) in [6, 6.07) is 3.60. The number of benzene rings is 1. The first-order chi connectivity index (χ1) is 15.1. The maximum absolute atomic E-state index is 13.5. The lowest BCUT2D eigenvalue weighted by atomic mass is 10.2. The first-order valence-corrected chi connectivity index (χ1v) is 8.72. The summed E-state index contributed by atoms with van der Waals surface area (Å²) in [7, 11) is 1.28. The summed E-state index contributed by atoms with van der Waals surface area (Å²) in [6.45, 7) is -0.462. The number of anilines is 2. The number of urea groups is 1. The molecule has 0 aliphatic heterocycles. The number of nitrogens with one attached hydrogen (secondary N) is 2. The van der Waals surface area contributed by atoms with Gasteiger partial charge in [-0.25, -0.2) is 18.0 Å². The summed E-state index contributed by atoms with van der Waals surface area (Å²) >= 11 is 0. The van der Waals surface area contributed by atoms with Gasteiger partial charge in [0.2, 0.25) is 5.88 Å². The van der Waals surface area contributed by atoms with Crippen LogP contribution in [-0.4, -0.2) is 33.5 Å². The van der Waals surface area contributed by atoms with Crippen molar-refractivity contribution < 1.29 is 35.9 Å². The average Bonchev–Trinajstić information content (AvgIpc) is 3.22. The number of halogens is 6. The third-order valence-electron chi connectivity index (χ3n) is 4.12. The van der Waals surface area contributed by atoms with Gasteiger partial charge in [-0.05, 0) is 24.3 Å². The van der Waals surface area contributed by atoms with Gasteiger partial charge in [-0.3, -0.25) is 10.00 Å². The zero-order chi connectivity index (χ0) is 23.5. The molecular formula is C18H14F6N6O2. The highest BCUT2D eigenvalue weighted by Gasteiger charge is 2.33. The van der Waals surface area contributed by atoms with Gasteiger partial charge >= 0.3 is 12.2 Å². The minimum absolute atomic E-state index is 0.0000714. The predicted octanol–water partition coefficient (Wildman–Crippen LogP) is 4.54. The van der Waals surface area contributed by atoms with Crippen molar-refractivity contribution in [3.63, 3.8) is 0 Å². The minimum Gasteiger partial charge on any atom is -0.480 e. The van der Waals surface area contributed by atoms with Crippen LogP contribution < -0.4 is 15.0 Å². The molecule has 0 unspecified atom stereocenters. The van der Waals surface area contributed by atoms with Crippen LogP contribution >= 0.6 is 0 Å². The van der Waals surface area contributed by atoms with Gasteiger partial charge < -0.3 is 10.1 Å². The van der Waals surface area contributed by atoms with E-state index in [-0.39, 0.29) is 22.9 Å². The van der Waals surface area contributed by atoms with E-state index in [1.54, 1.807) is 0 Å². The highest BCUT2D eigenvalue weighted by Crippen LogP contribution is 2.29. The Morgan fingerprint density at radius 1 is 1.25 bits per heavy atom. The van der Waals surface area contributed by atoms with Gasteiger partial charge in [-0.15, -0.1) is 5.10 Å². The van der Waals surface area contributed by atoms with E-state index >= 15 is 0 Å². The molecule has 32 heavy (non-hydrogen) atoms. The lowest BCUT2D eigenvalue weighted by molar-refractivity contribution is -0.141. The fraction of sp³-hybridized carbons (Fsp3) is 0.222. The molecule has 2 amide bonds. The Morgan fingerprint density at radius 2 is 2.00 bits per heavy atom. The molecule has 2 N–H and O–H groups in total. The molecule has 3 rings (SSSR count). The summed E-state index contributed by atoms with van der Waals surface area (Å²) in [4.78, 5) is 13.8. The van der Waals surface area contributed by atoms with Crippen LogP contribution in [0.2, 0.25) is 0 Å². The van der Waals surface area contributed by atoms with Gasteiger partial charge in [0.25, 0.3) is 6.43 Å². The molecule has 14 heteroatoms. The summed E-state index contributed by atoms with van der Waals surface area (Å²) in [5.74, 6) is -1.16.